The summed E-state index contributed by atoms with van der Waals surface area (Å²) in [6, 6.07) is 18.4. The standard InChI is InChI=1S/C17H19N3S/c1-2-14-8-10-15(11-9-14)12-19-20-17(18)21-13-16-6-4-3-5-7-16/h3-12H,2,13H2,1H3,(H2,18,20). The van der Waals surface area contributed by atoms with Crippen LogP contribution in [0.1, 0.15) is 23.6 Å². The van der Waals surface area contributed by atoms with Crippen LogP contribution in [-0.2, 0) is 12.2 Å². The lowest BCUT2D eigenvalue weighted by Crippen LogP contribution is -2.05. The van der Waals surface area contributed by atoms with Gasteiger partial charge in [-0.05, 0) is 23.1 Å². The molecule has 0 heterocycles. The Morgan fingerprint density at radius 2 is 1.76 bits per heavy atom. The van der Waals surface area contributed by atoms with E-state index in [0.29, 0.717) is 5.17 Å². The fourth-order valence-electron chi connectivity index (χ4n) is 1.75. The predicted octanol–water partition coefficient (Wildman–Crippen LogP) is 3.83. The molecule has 0 saturated heterocycles. The van der Waals surface area contributed by atoms with Gasteiger partial charge in [0.15, 0.2) is 5.17 Å². The van der Waals surface area contributed by atoms with Crippen LogP contribution in [0.2, 0.25) is 0 Å². The number of nitrogens with two attached hydrogens (primary N) is 1. The Balaban J connectivity index is 1.85. The van der Waals surface area contributed by atoms with Gasteiger partial charge >= 0.3 is 0 Å². The average molecular weight is 297 g/mol. The summed E-state index contributed by atoms with van der Waals surface area (Å²) in [7, 11) is 0. The van der Waals surface area contributed by atoms with Gasteiger partial charge in [0.1, 0.15) is 0 Å². The van der Waals surface area contributed by atoms with E-state index in [1.165, 1.54) is 22.9 Å². The van der Waals surface area contributed by atoms with Crippen molar-refractivity contribution in [2.24, 2.45) is 15.9 Å². The summed E-state index contributed by atoms with van der Waals surface area (Å²) in [4.78, 5) is 0. The Labute approximate surface area is 130 Å². The van der Waals surface area contributed by atoms with E-state index in [1.54, 1.807) is 6.21 Å². The third kappa shape index (κ3) is 5.44. The first kappa shape index (κ1) is 15.3. The van der Waals surface area contributed by atoms with Crippen LogP contribution in [0, 0.1) is 0 Å². The molecule has 0 spiro atoms. The quantitative estimate of drug-likeness (QED) is 0.518. The molecule has 0 aliphatic heterocycles. The molecule has 0 fully saturated rings. The first-order chi connectivity index (χ1) is 10.3. The van der Waals surface area contributed by atoms with E-state index in [-0.39, 0.29) is 0 Å². The molecule has 0 radical (unpaired) electrons. The summed E-state index contributed by atoms with van der Waals surface area (Å²) in [5, 5.41) is 8.50. The molecule has 108 valence electrons. The second-order valence-corrected chi connectivity index (χ2v) is 5.55. The topological polar surface area (TPSA) is 50.7 Å². The number of hydrogen-bond donors (Lipinski definition) is 1. The maximum atomic E-state index is 5.83. The Hall–Kier alpha value is -2.07. The number of nitrogens with zero attached hydrogens (tertiary/aromatic N) is 2. The molecule has 3 nitrogen and oxygen atoms in total. The number of amidine groups is 1. The van der Waals surface area contributed by atoms with E-state index in [0.717, 1.165) is 17.7 Å². The van der Waals surface area contributed by atoms with Gasteiger partial charge in [0.05, 0.1) is 6.21 Å². The largest absolute Gasteiger partial charge is 0.377 e. The first-order valence-corrected chi connectivity index (χ1v) is 7.88. The van der Waals surface area contributed by atoms with Crippen molar-refractivity contribution < 1.29 is 0 Å². The van der Waals surface area contributed by atoms with Gasteiger partial charge in [-0.1, -0.05) is 73.3 Å². The van der Waals surface area contributed by atoms with Gasteiger partial charge in [0.2, 0.25) is 0 Å². The highest BCUT2D eigenvalue weighted by molar-refractivity contribution is 8.13. The second kappa shape index (κ2) is 8.27. The monoisotopic (exact) mass is 297 g/mol. The van der Waals surface area contributed by atoms with Crippen LogP contribution in [0.3, 0.4) is 0 Å². The number of benzene rings is 2. The van der Waals surface area contributed by atoms with Crippen molar-refractivity contribution >= 4 is 23.1 Å². The molecule has 2 aromatic carbocycles. The van der Waals surface area contributed by atoms with Crippen molar-refractivity contribution in [3.05, 3.63) is 71.3 Å². The molecule has 2 N–H and O–H groups in total. The van der Waals surface area contributed by atoms with Gasteiger partial charge in [-0.2, -0.15) is 5.10 Å². The zero-order chi connectivity index (χ0) is 14.9. The average Bonchev–Trinajstić information content (AvgIpc) is 2.54. The van der Waals surface area contributed by atoms with Crippen LogP contribution in [0.15, 0.2) is 64.8 Å². The summed E-state index contributed by atoms with van der Waals surface area (Å²) in [5.74, 6) is 0.802. The van der Waals surface area contributed by atoms with Gasteiger partial charge in [-0.3, -0.25) is 0 Å². The summed E-state index contributed by atoms with van der Waals surface area (Å²) in [5.41, 5.74) is 9.39. The van der Waals surface area contributed by atoms with Crippen molar-refractivity contribution in [1.29, 1.82) is 0 Å². The molecule has 2 aromatic rings. The minimum absolute atomic E-state index is 0.472. The maximum absolute atomic E-state index is 5.83. The first-order valence-electron chi connectivity index (χ1n) is 6.90. The van der Waals surface area contributed by atoms with E-state index >= 15 is 0 Å². The fourth-order valence-corrected chi connectivity index (χ4v) is 2.36. The van der Waals surface area contributed by atoms with E-state index in [1.807, 2.05) is 30.3 Å². The second-order valence-electron chi connectivity index (χ2n) is 4.55. The third-order valence-corrected chi connectivity index (χ3v) is 3.84. The van der Waals surface area contributed by atoms with Crippen molar-refractivity contribution in [1.82, 2.24) is 0 Å². The number of aryl methyl sites for hydroxylation is 1. The summed E-state index contributed by atoms with van der Waals surface area (Å²) in [6.07, 6.45) is 2.76. The van der Waals surface area contributed by atoms with Gasteiger partial charge in [-0.25, -0.2) is 0 Å². The minimum atomic E-state index is 0.472. The van der Waals surface area contributed by atoms with E-state index in [4.69, 9.17) is 5.73 Å². The van der Waals surface area contributed by atoms with E-state index in [9.17, 15) is 0 Å². The molecule has 0 aliphatic carbocycles. The highest BCUT2D eigenvalue weighted by atomic mass is 32.2. The molecular weight excluding hydrogens is 278 g/mol. The SMILES string of the molecule is CCc1ccc(C=NN=C(N)SCc2ccccc2)cc1. The van der Waals surface area contributed by atoms with Gasteiger partial charge < -0.3 is 5.73 Å². The van der Waals surface area contributed by atoms with Crippen LogP contribution < -0.4 is 5.73 Å². The summed E-state index contributed by atoms with van der Waals surface area (Å²) in [6.45, 7) is 2.14. The predicted molar refractivity (Wildman–Crippen MR) is 92.8 cm³/mol. The highest BCUT2D eigenvalue weighted by Crippen LogP contribution is 2.11. The smallest absolute Gasteiger partial charge is 0.180 e. The van der Waals surface area contributed by atoms with Crippen LogP contribution in [0.25, 0.3) is 0 Å². The van der Waals surface area contributed by atoms with Crippen LogP contribution >= 0.6 is 11.8 Å². The normalized spacial score (nSPS) is 12.0. The number of thioether (sulfide) groups is 1. The minimum Gasteiger partial charge on any atom is -0.377 e. The number of hydrogen-bond acceptors (Lipinski definition) is 3. The molecule has 0 bridgehead atoms. The van der Waals surface area contributed by atoms with Crippen molar-refractivity contribution in [3.63, 3.8) is 0 Å². The Morgan fingerprint density at radius 1 is 1.05 bits per heavy atom. The highest BCUT2D eigenvalue weighted by Gasteiger charge is 1.95. The van der Waals surface area contributed by atoms with Crippen molar-refractivity contribution in [2.45, 2.75) is 19.1 Å². The molecule has 0 saturated carbocycles. The van der Waals surface area contributed by atoms with Crippen molar-refractivity contribution in [3.8, 4) is 0 Å². The molecule has 0 unspecified atom stereocenters. The lowest BCUT2D eigenvalue weighted by molar-refractivity contribution is 1.14. The Morgan fingerprint density at radius 3 is 2.43 bits per heavy atom. The fraction of sp³-hybridized carbons (Fsp3) is 0.176. The summed E-state index contributed by atoms with van der Waals surface area (Å²) >= 11 is 1.48. The number of rotatable bonds is 5. The summed E-state index contributed by atoms with van der Waals surface area (Å²) < 4.78 is 0. The molecular formula is C17H19N3S. The molecule has 21 heavy (non-hydrogen) atoms. The zero-order valence-electron chi connectivity index (χ0n) is 12.1. The molecule has 0 amide bonds. The molecule has 2 rings (SSSR count). The third-order valence-electron chi connectivity index (χ3n) is 2.98. The van der Waals surface area contributed by atoms with Crippen LogP contribution in [0.4, 0.5) is 0 Å². The Kier molecular flexibility index (Phi) is 6.03. The molecule has 0 aromatic heterocycles. The van der Waals surface area contributed by atoms with Crippen molar-refractivity contribution in [2.75, 3.05) is 0 Å². The molecule has 0 aliphatic rings. The molecule has 4 heteroatoms. The van der Waals surface area contributed by atoms with E-state index < -0.39 is 0 Å². The van der Waals surface area contributed by atoms with Gasteiger partial charge in [-0.15, -0.1) is 5.10 Å². The lowest BCUT2D eigenvalue weighted by atomic mass is 10.1. The Bertz CT molecular complexity index is 604. The van der Waals surface area contributed by atoms with E-state index in [2.05, 4.69) is 41.4 Å². The lowest BCUT2D eigenvalue weighted by Gasteiger charge is -1.99. The molecule has 0 atom stereocenters. The van der Waals surface area contributed by atoms with Gasteiger partial charge in [0, 0.05) is 5.75 Å². The van der Waals surface area contributed by atoms with Crippen LogP contribution in [0.5, 0.6) is 0 Å². The van der Waals surface area contributed by atoms with Gasteiger partial charge in [0.25, 0.3) is 0 Å². The van der Waals surface area contributed by atoms with Crippen LogP contribution in [-0.4, -0.2) is 11.4 Å². The zero-order valence-corrected chi connectivity index (χ0v) is 12.9. The maximum Gasteiger partial charge on any atom is 0.180 e.